The van der Waals surface area contributed by atoms with Crippen LogP contribution < -0.4 is 15.4 Å². The SMILES string of the molecule is COc1ccc(-c2nc(NC(=O)CNC(=O)c3ccc(F)cc3)sc2C)cc1. The molecule has 0 fully saturated rings. The van der Waals surface area contributed by atoms with Crippen LogP contribution in [0.5, 0.6) is 5.75 Å². The molecule has 1 aromatic heterocycles. The topological polar surface area (TPSA) is 80.3 Å². The second kappa shape index (κ2) is 8.62. The van der Waals surface area contributed by atoms with Gasteiger partial charge in [-0.3, -0.25) is 9.59 Å². The maximum absolute atomic E-state index is 12.9. The summed E-state index contributed by atoms with van der Waals surface area (Å²) in [7, 11) is 1.60. The van der Waals surface area contributed by atoms with Gasteiger partial charge in [-0.15, -0.1) is 11.3 Å². The predicted molar refractivity (Wildman–Crippen MR) is 106 cm³/mol. The monoisotopic (exact) mass is 399 g/mol. The highest BCUT2D eigenvalue weighted by Crippen LogP contribution is 2.31. The minimum Gasteiger partial charge on any atom is -0.497 e. The number of thiazole rings is 1. The molecule has 0 saturated heterocycles. The van der Waals surface area contributed by atoms with Crippen molar-refractivity contribution in [2.24, 2.45) is 0 Å². The highest BCUT2D eigenvalue weighted by atomic mass is 32.1. The largest absolute Gasteiger partial charge is 0.497 e. The van der Waals surface area contributed by atoms with Crippen molar-refractivity contribution in [3.05, 3.63) is 64.8 Å². The zero-order valence-corrected chi connectivity index (χ0v) is 16.1. The molecule has 2 aromatic carbocycles. The molecule has 0 aliphatic rings. The van der Waals surface area contributed by atoms with Gasteiger partial charge in [0.25, 0.3) is 5.91 Å². The Hall–Kier alpha value is -3.26. The molecule has 28 heavy (non-hydrogen) atoms. The minimum atomic E-state index is -0.454. The molecule has 1 heterocycles. The third kappa shape index (κ3) is 4.72. The highest BCUT2D eigenvalue weighted by Gasteiger charge is 2.13. The summed E-state index contributed by atoms with van der Waals surface area (Å²) in [6.07, 6.45) is 0. The number of rotatable bonds is 6. The summed E-state index contributed by atoms with van der Waals surface area (Å²) in [5.41, 5.74) is 1.97. The lowest BCUT2D eigenvalue weighted by Gasteiger charge is -2.05. The average Bonchev–Trinajstić information content (AvgIpc) is 3.06. The molecule has 0 aliphatic carbocycles. The Bertz CT molecular complexity index is 985. The van der Waals surface area contributed by atoms with Gasteiger partial charge in [0.05, 0.1) is 19.3 Å². The smallest absolute Gasteiger partial charge is 0.251 e. The van der Waals surface area contributed by atoms with Crippen molar-refractivity contribution >= 4 is 28.3 Å². The molecule has 0 saturated carbocycles. The number of hydrogen-bond donors (Lipinski definition) is 2. The van der Waals surface area contributed by atoms with Gasteiger partial charge >= 0.3 is 0 Å². The summed E-state index contributed by atoms with van der Waals surface area (Å²) >= 11 is 1.35. The molecular weight excluding hydrogens is 381 g/mol. The maximum atomic E-state index is 12.9. The van der Waals surface area contributed by atoms with Crippen molar-refractivity contribution < 1.29 is 18.7 Å². The standard InChI is InChI=1S/C20H18FN3O3S/c1-12-18(13-5-9-16(27-2)10-6-13)24-20(28-12)23-17(25)11-22-19(26)14-3-7-15(21)8-4-14/h3-10H,11H2,1-2H3,(H,22,26)(H,23,24,25). The zero-order valence-electron chi connectivity index (χ0n) is 15.3. The van der Waals surface area contributed by atoms with Gasteiger partial charge in [-0.1, -0.05) is 0 Å². The van der Waals surface area contributed by atoms with Crippen LogP contribution in [-0.4, -0.2) is 30.5 Å². The Labute approximate surface area is 165 Å². The van der Waals surface area contributed by atoms with Gasteiger partial charge in [-0.25, -0.2) is 9.37 Å². The molecule has 0 bridgehead atoms. The summed E-state index contributed by atoms with van der Waals surface area (Å²) in [6, 6.07) is 12.6. The summed E-state index contributed by atoms with van der Waals surface area (Å²) < 4.78 is 18.0. The van der Waals surface area contributed by atoms with Crippen molar-refractivity contribution in [3.8, 4) is 17.0 Å². The summed E-state index contributed by atoms with van der Waals surface area (Å²) in [4.78, 5) is 29.5. The Morgan fingerprint density at radius 2 is 1.79 bits per heavy atom. The van der Waals surface area contributed by atoms with Crippen LogP contribution in [0, 0.1) is 12.7 Å². The summed E-state index contributed by atoms with van der Waals surface area (Å²) in [5, 5.41) is 5.62. The number of amides is 2. The summed E-state index contributed by atoms with van der Waals surface area (Å²) in [6.45, 7) is 1.70. The first-order valence-corrected chi connectivity index (χ1v) is 9.23. The van der Waals surface area contributed by atoms with Crippen LogP contribution in [-0.2, 0) is 4.79 Å². The Morgan fingerprint density at radius 3 is 2.43 bits per heavy atom. The number of aromatic nitrogens is 1. The van der Waals surface area contributed by atoms with E-state index in [0.717, 1.165) is 21.9 Å². The highest BCUT2D eigenvalue weighted by molar-refractivity contribution is 7.16. The quantitative estimate of drug-likeness (QED) is 0.663. The number of nitrogens with zero attached hydrogens (tertiary/aromatic N) is 1. The first-order chi connectivity index (χ1) is 13.5. The Morgan fingerprint density at radius 1 is 1.11 bits per heavy atom. The lowest BCUT2D eigenvalue weighted by molar-refractivity contribution is -0.115. The average molecular weight is 399 g/mol. The Balaban J connectivity index is 1.59. The molecule has 2 amide bonds. The zero-order chi connectivity index (χ0) is 20.1. The van der Waals surface area contributed by atoms with Crippen molar-refractivity contribution in [3.63, 3.8) is 0 Å². The first-order valence-electron chi connectivity index (χ1n) is 8.41. The van der Waals surface area contributed by atoms with E-state index < -0.39 is 17.6 Å². The van der Waals surface area contributed by atoms with E-state index in [2.05, 4.69) is 15.6 Å². The molecule has 0 radical (unpaired) electrons. The lowest BCUT2D eigenvalue weighted by atomic mass is 10.1. The number of benzene rings is 2. The number of aryl methyl sites for hydroxylation is 1. The fraction of sp³-hybridized carbons (Fsp3) is 0.150. The molecule has 0 unspecified atom stereocenters. The molecule has 6 nitrogen and oxygen atoms in total. The van der Waals surface area contributed by atoms with Crippen LogP contribution in [0.4, 0.5) is 9.52 Å². The molecule has 2 N–H and O–H groups in total. The minimum absolute atomic E-state index is 0.216. The van der Waals surface area contributed by atoms with Crippen LogP contribution in [0.3, 0.4) is 0 Å². The third-order valence-electron chi connectivity index (χ3n) is 3.92. The van der Waals surface area contributed by atoms with Gasteiger partial charge < -0.3 is 15.4 Å². The van der Waals surface area contributed by atoms with E-state index in [9.17, 15) is 14.0 Å². The molecule has 3 rings (SSSR count). The van der Waals surface area contributed by atoms with Gasteiger partial charge in [0.2, 0.25) is 5.91 Å². The van der Waals surface area contributed by atoms with Gasteiger partial charge in [-0.2, -0.15) is 0 Å². The van der Waals surface area contributed by atoms with Crippen LogP contribution >= 0.6 is 11.3 Å². The van der Waals surface area contributed by atoms with Crippen LogP contribution in [0.1, 0.15) is 15.2 Å². The predicted octanol–water partition coefficient (Wildman–Crippen LogP) is 3.63. The Kier molecular flexibility index (Phi) is 6.00. The number of carbonyl (C=O) groups is 2. The van der Waals surface area contributed by atoms with E-state index in [1.54, 1.807) is 7.11 Å². The van der Waals surface area contributed by atoms with E-state index in [0.29, 0.717) is 5.13 Å². The van der Waals surface area contributed by atoms with E-state index in [4.69, 9.17) is 4.74 Å². The van der Waals surface area contributed by atoms with Crippen LogP contribution in [0.25, 0.3) is 11.3 Å². The van der Waals surface area contributed by atoms with E-state index in [1.807, 2.05) is 31.2 Å². The van der Waals surface area contributed by atoms with Gasteiger partial charge in [0.15, 0.2) is 5.13 Å². The molecule has 0 atom stereocenters. The van der Waals surface area contributed by atoms with Gasteiger partial charge in [-0.05, 0) is 55.5 Å². The number of halogens is 1. The molecule has 0 spiro atoms. The maximum Gasteiger partial charge on any atom is 0.251 e. The summed E-state index contributed by atoms with van der Waals surface area (Å²) in [5.74, 6) is -0.530. The second-order valence-corrected chi connectivity index (χ2v) is 7.09. The number of hydrogen-bond acceptors (Lipinski definition) is 5. The van der Waals surface area contributed by atoms with Crippen LogP contribution in [0.15, 0.2) is 48.5 Å². The number of ether oxygens (including phenoxy) is 1. The normalized spacial score (nSPS) is 10.4. The molecule has 144 valence electrons. The number of carbonyl (C=O) groups excluding carboxylic acids is 2. The number of anilines is 1. The fourth-order valence-electron chi connectivity index (χ4n) is 2.49. The lowest BCUT2D eigenvalue weighted by Crippen LogP contribution is -2.32. The third-order valence-corrected chi connectivity index (χ3v) is 4.81. The molecular formula is C20H18FN3O3S. The first kappa shape index (κ1) is 19.5. The van der Waals surface area contributed by atoms with E-state index >= 15 is 0 Å². The molecule has 8 heteroatoms. The van der Waals surface area contributed by atoms with Gasteiger partial charge in [0.1, 0.15) is 11.6 Å². The van der Waals surface area contributed by atoms with Crippen molar-refractivity contribution in [2.45, 2.75) is 6.92 Å². The van der Waals surface area contributed by atoms with E-state index in [-0.39, 0.29) is 12.1 Å². The number of nitrogens with one attached hydrogen (secondary N) is 2. The van der Waals surface area contributed by atoms with Gasteiger partial charge in [0, 0.05) is 16.0 Å². The molecule has 0 aliphatic heterocycles. The number of methoxy groups -OCH3 is 1. The van der Waals surface area contributed by atoms with E-state index in [1.165, 1.54) is 35.6 Å². The van der Waals surface area contributed by atoms with Crippen molar-refractivity contribution in [1.29, 1.82) is 0 Å². The van der Waals surface area contributed by atoms with Crippen molar-refractivity contribution in [2.75, 3.05) is 19.0 Å². The second-order valence-electron chi connectivity index (χ2n) is 5.89. The van der Waals surface area contributed by atoms with Crippen LogP contribution in [0.2, 0.25) is 0 Å². The molecule has 3 aromatic rings. The van der Waals surface area contributed by atoms with Crippen molar-refractivity contribution in [1.82, 2.24) is 10.3 Å². The fourth-order valence-corrected chi connectivity index (χ4v) is 3.35.